The average Bonchev–Trinajstić information content (AvgIpc) is 2.38. The lowest BCUT2D eigenvalue weighted by Gasteiger charge is -2.11. The van der Waals surface area contributed by atoms with Gasteiger partial charge < -0.3 is 14.8 Å². The predicted molar refractivity (Wildman–Crippen MR) is 68.0 cm³/mol. The summed E-state index contributed by atoms with van der Waals surface area (Å²) in [6.07, 6.45) is 0.603. The SMILES string of the molecule is COc1ccc(COCC(C)NC=O)cc1[N+](=O)[O-]. The normalized spacial score (nSPS) is 11.7. The number of nitro groups is 1. The van der Waals surface area contributed by atoms with E-state index in [1.807, 2.05) is 0 Å². The van der Waals surface area contributed by atoms with Crippen LogP contribution in [0, 0.1) is 10.1 Å². The van der Waals surface area contributed by atoms with Gasteiger partial charge in [-0.3, -0.25) is 14.9 Å². The van der Waals surface area contributed by atoms with Crippen LogP contribution >= 0.6 is 0 Å². The van der Waals surface area contributed by atoms with Gasteiger partial charge in [0.1, 0.15) is 0 Å². The number of carbonyl (C=O) groups is 1. The number of carbonyl (C=O) groups excluding carboxylic acids is 1. The maximum absolute atomic E-state index is 10.8. The monoisotopic (exact) mass is 268 g/mol. The van der Waals surface area contributed by atoms with Gasteiger partial charge in [-0.25, -0.2) is 0 Å². The molecule has 0 saturated heterocycles. The lowest BCUT2D eigenvalue weighted by atomic mass is 10.2. The minimum Gasteiger partial charge on any atom is -0.490 e. The first-order chi connectivity index (χ1) is 9.08. The molecule has 0 aliphatic heterocycles. The molecular formula is C12H16N2O5. The summed E-state index contributed by atoms with van der Waals surface area (Å²) in [4.78, 5) is 20.5. The topological polar surface area (TPSA) is 90.7 Å². The first-order valence-corrected chi connectivity index (χ1v) is 5.67. The van der Waals surface area contributed by atoms with Gasteiger partial charge >= 0.3 is 5.69 Å². The Morgan fingerprint density at radius 1 is 1.53 bits per heavy atom. The third kappa shape index (κ3) is 4.55. The van der Waals surface area contributed by atoms with Gasteiger partial charge in [0.05, 0.1) is 25.2 Å². The van der Waals surface area contributed by atoms with Gasteiger partial charge in [-0.15, -0.1) is 0 Å². The first-order valence-electron chi connectivity index (χ1n) is 5.67. The van der Waals surface area contributed by atoms with Crippen LogP contribution in [0.15, 0.2) is 18.2 Å². The van der Waals surface area contributed by atoms with Gasteiger partial charge in [0.15, 0.2) is 5.75 Å². The summed E-state index contributed by atoms with van der Waals surface area (Å²) in [7, 11) is 1.38. The van der Waals surface area contributed by atoms with Crippen molar-refractivity contribution < 1.29 is 19.2 Å². The molecule has 1 aromatic rings. The highest BCUT2D eigenvalue weighted by Gasteiger charge is 2.15. The van der Waals surface area contributed by atoms with Crippen LogP contribution in [0.2, 0.25) is 0 Å². The summed E-state index contributed by atoms with van der Waals surface area (Å²) in [5.74, 6) is 0.213. The fourth-order valence-electron chi connectivity index (χ4n) is 1.49. The molecule has 0 bridgehead atoms. The predicted octanol–water partition coefficient (Wildman–Crippen LogP) is 1.25. The Bertz CT molecular complexity index is 450. The van der Waals surface area contributed by atoms with Crippen molar-refractivity contribution in [3.05, 3.63) is 33.9 Å². The molecule has 1 rings (SSSR count). The van der Waals surface area contributed by atoms with Crippen molar-refractivity contribution in [2.45, 2.75) is 19.6 Å². The standard InChI is InChI=1S/C12H16N2O5/c1-9(13-8-15)6-19-7-10-3-4-12(18-2)11(5-10)14(16)17/h3-5,8-9H,6-7H2,1-2H3,(H,13,15). The zero-order chi connectivity index (χ0) is 14.3. The van der Waals surface area contributed by atoms with Crippen LogP contribution in [0.4, 0.5) is 5.69 Å². The molecule has 0 radical (unpaired) electrons. The number of amides is 1. The van der Waals surface area contributed by atoms with E-state index in [1.54, 1.807) is 13.0 Å². The van der Waals surface area contributed by atoms with Crippen LogP contribution in [0.5, 0.6) is 5.75 Å². The summed E-state index contributed by atoms with van der Waals surface area (Å²) in [5.41, 5.74) is 0.577. The van der Waals surface area contributed by atoms with Gasteiger partial charge in [-0.2, -0.15) is 0 Å². The maximum atomic E-state index is 10.8. The van der Waals surface area contributed by atoms with Gasteiger partial charge in [0, 0.05) is 12.1 Å². The van der Waals surface area contributed by atoms with Crippen LogP contribution < -0.4 is 10.1 Å². The fourth-order valence-corrected chi connectivity index (χ4v) is 1.49. The van der Waals surface area contributed by atoms with Crippen molar-refractivity contribution in [2.75, 3.05) is 13.7 Å². The average molecular weight is 268 g/mol. The van der Waals surface area contributed by atoms with E-state index in [9.17, 15) is 14.9 Å². The lowest BCUT2D eigenvalue weighted by molar-refractivity contribution is -0.385. The molecule has 0 spiro atoms. The van der Waals surface area contributed by atoms with Crippen LogP contribution in [-0.2, 0) is 16.1 Å². The third-order valence-electron chi connectivity index (χ3n) is 2.43. The quantitative estimate of drug-likeness (QED) is 0.435. The lowest BCUT2D eigenvalue weighted by Crippen LogP contribution is -2.29. The summed E-state index contributed by atoms with van der Waals surface area (Å²) >= 11 is 0. The van der Waals surface area contributed by atoms with Crippen molar-refractivity contribution in [1.82, 2.24) is 5.32 Å². The van der Waals surface area contributed by atoms with Crippen molar-refractivity contribution in [3.63, 3.8) is 0 Å². The second-order valence-electron chi connectivity index (χ2n) is 3.96. The summed E-state index contributed by atoms with van der Waals surface area (Å²) in [6.45, 7) is 2.36. The molecule has 0 saturated carbocycles. The third-order valence-corrected chi connectivity index (χ3v) is 2.43. The van der Waals surface area contributed by atoms with Crippen LogP contribution in [0.25, 0.3) is 0 Å². The Morgan fingerprint density at radius 3 is 2.84 bits per heavy atom. The number of nitrogens with zero attached hydrogens (tertiary/aromatic N) is 1. The highest BCUT2D eigenvalue weighted by Crippen LogP contribution is 2.27. The first kappa shape index (κ1) is 14.9. The Labute approximate surface area is 110 Å². The Hall–Kier alpha value is -2.15. The van der Waals surface area contributed by atoms with Crippen molar-refractivity contribution >= 4 is 12.1 Å². The highest BCUT2D eigenvalue weighted by atomic mass is 16.6. The molecule has 104 valence electrons. The van der Waals surface area contributed by atoms with Gasteiger partial charge in [-0.05, 0) is 18.6 Å². The zero-order valence-electron chi connectivity index (χ0n) is 10.8. The number of ether oxygens (including phenoxy) is 2. The molecule has 1 unspecified atom stereocenters. The Morgan fingerprint density at radius 2 is 2.26 bits per heavy atom. The number of hydrogen-bond acceptors (Lipinski definition) is 5. The number of methoxy groups -OCH3 is 1. The minimum absolute atomic E-state index is 0.0948. The number of nitrogens with one attached hydrogen (secondary N) is 1. The number of nitro benzene ring substituents is 1. The second-order valence-corrected chi connectivity index (χ2v) is 3.96. The van der Waals surface area contributed by atoms with Crippen LogP contribution in [0.3, 0.4) is 0 Å². The van der Waals surface area contributed by atoms with Gasteiger partial charge in [0.2, 0.25) is 6.41 Å². The number of hydrogen-bond donors (Lipinski definition) is 1. The molecule has 1 aromatic carbocycles. The molecule has 7 nitrogen and oxygen atoms in total. The zero-order valence-corrected chi connectivity index (χ0v) is 10.8. The molecule has 0 aliphatic rings. The van der Waals surface area contributed by atoms with Crippen LogP contribution in [0.1, 0.15) is 12.5 Å². The smallest absolute Gasteiger partial charge is 0.311 e. The molecule has 1 atom stereocenters. The summed E-state index contributed by atoms with van der Waals surface area (Å²) in [6, 6.07) is 4.54. The van der Waals surface area contributed by atoms with Crippen molar-refractivity contribution in [3.8, 4) is 5.75 Å². The van der Waals surface area contributed by atoms with E-state index in [2.05, 4.69) is 5.32 Å². The van der Waals surface area contributed by atoms with E-state index < -0.39 is 4.92 Å². The molecular weight excluding hydrogens is 252 g/mol. The van der Waals surface area contributed by atoms with E-state index in [4.69, 9.17) is 9.47 Å². The number of benzene rings is 1. The van der Waals surface area contributed by atoms with E-state index in [-0.39, 0.29) is 24.1 Å². The second kappa shape index (κ2) is 7.32. The van der Waals surface area contributed by atoms with E-state index in [0.717, 1.165) is 0 Å². The van der Waals surface area contributed by atoms with Gasteiger partial charge in [-0.1, -0.05) is 6.07 Å². The van der Waals surface area contributed by atoms with E-state index in [0.29, 0.717) is 18.6 Å². The molecule has 0 fully saturated rings. The van der Waals surface area contributed by atoms with Gasteiger partial charge in [0.25, 0.3) is 0 Å². The maximum Gasteiger partial charge on any atom is 0.311 e. The van der Waals surface area contributed by atoms with Crippen LogP contribution in [-0.4, -0.2) is 31.1 Å². The Balaban J connectivity index is 2.62. The fraction of sp³-hybridized carbons (Fsp3) is 0.417. The molecule has 19 heavy (non-hydrogen) atoms. The van der Waals surface area contributed by atoms with Crippen molar-refractivity contribution in [2.24, 2.45) is 0 Å². The molecule has 0 aromatic heterocycles. The van der Waals surface area contributed by atoms with E-state index >= 15 is 0 Å². The number of rotatable bonds is 8. The highest BCUT2D eigenvalue weighted by molar-refractivity contribution is 5.48. The molecule has 1 N–H and O–H groups in total. The Kier molecular flexibility index (Phi) is 5.74. The summed E-state index contributed by atoms with van der Waals surface area (Å²) < 4.78 is 10.3. The largest absolute Gasteiger partial charge is 0.490 e. The van der Waals surface area contributed by atoms with Crippen molar-refractivity contribution in [1.29, 1.82) is 0 Å². The minimum atomic E-state index is -0.501. The summed E-state index contributed by atoms with van der Waals surface area (Å²) in [5, 5.41) is 13.4. The molecule has 0 heterocycles. The molecule has 1 amide bonds. The molecule has 7 heteroatoms. The van der Waals surface area contributed by atoms with E-state index in [1.165, 1.54) is 19.2 Å². The molecule has 0 aliphatic carbocycles.